The van der Waals surface area contributed by atoms with E-state index in [1.54, 1.807) is 19.1 Å². The Morgan fingerprint density at radius 2 is 1.78 bits per heavy atom. The molecule has 0 N–H and O–H groups in total. The molecule has 0 bridgehead atoms. The minimum atomic E-state index is -3.45. The molecule has 2 aromatic rings. The van der Waals surface area contributed by atoms with Crippen LogP contribution in [0.1, 0.15) is 14.8 Å². The molecule has 18 heavy (non-hydrogen) atoms. The quantitative estimate of drug-likeness (QED) is 0.585. The molecule has 0 unspecified atom stereocenters. The predicted octanol–water partition coefficient (Wildman–Crippen LogP) is 0.0749. The van der Waals surface area contributed by atoms with Crippen molar-refractivity contribution in [2.24, 2.45) is 0 Å². The van der Waals surface area contributed by atoms with Crippen molar-refractivity contribution in [3.05, 3.63) is 42.5 Å². The van der Waals surface area contributed by atoms with Gasteiger partial charge in [0, 0.05) is 0 Å². The Bertz CT molecular complexity index is 629. The molecule has 0 fully saturated rings. The first kappa shape index (κ1) is 15.5. The van der Waals surface area contributed by atoms with Crippen LogP contribution in [0, 0.1) is 0 Å². The molecule has 92 valence electrons. The van der Waals surface area contributed by atoms with Gasteiger partial charge in [0.1, 0.15) is 5.75 Å². The van der Waals surface area contributed by atoms with E-state index < -0.39 is 10.1 Å². The molecule has 3 nitrogen and oxygen atoms in total. The zero-order valence-electron chi connectivity index (χ0n) is 11.6. The van der Waals surface area contributed by atoms with Crippen LogP contribution in [-0.4, -0.2) is 14.2 Å². The van der Waals surface area contributed by atoms with Gasteiger partial charge < -0.3 is 5.61 Å². The van der Waals surface area contributed by atoms with Crippen molar-refractivity contribution in [3.8, 4) is 5.75 Å². The van der Waals surface area contributed by atoms with Crippen LogP contribution in [0.3, 0.4) is 0 Å². The number of benzene rings is 2. The normalized spacial score (nSPS) is 10.9. The Morgan fingerprint density at radius 3 is 2.44 bits per heavy atom. The van der Waals surface area contributed by atoms with E-state index in [0.29, 0.717) is 12.2 Å². The van der Waals surface area contributed by atoms with Crippen LogP contribution in [0.25, 0.3) is 10.8 Å². The maximum absolute atomic E-state index is 11.5. The second-order valence-electron chi connectivity index (χ2n) is 3.85. The van der Waals surface area contributed by atoms with Gasteiger partial charge in [-0.05, 0) is 29.3 Å². The van der Waals surface area contributed by atoms with Crippen LogP contribution in [0.15, 0.2) is 42.5 Å². The van der Waals surface area contributed by atoms with E-state index in [1.807, 2.05) is 30.3 Å². The maximum atomic E-state index is 11.5. The largest absolute Gasteiger partial charge is 1.00 e. The zero-order chi connectivity index (χ0) is 12.3. The van der Waals surface area contributed by atoms with Crippen molar-refractivity contribution < 1.29 is 43.6 Å². The molecule has 5 heteroatoms. The number of rotatable bonds is 4. The Labute approximate surface area is 131 Å². The Morgan fingerprint density at radius 1 is 1.11 bits per heavy atom. The minimum Gasteiger partial charge on any atom is -1.00 e. The molecule has 0 radical (unpaired) electrons. The van der Waals surface area contributed by atoms with Crippen molar-refractivity contribution in [1.29, 1.82) is 0 Å². The summed E-state index contributed by atoms with van der Waals surface area (Å²) in [6, 6.07) is 13.0. The van der Waals surface area contributed by atoms with E-state index >= 15 is 0 Å². The molecule has 0 saturated heterocycles. The zero-order valence-corrected chi connectivity index (χ0v) is 13.4. The summed E-state index contributed by atoms with van der Waals surface area (Å²) in [6.45, 7) is 1.81. The monoisotopic (exact) mass is 274 g/mol. The summed E-state index contributed by atoms with van der Waals surface area (Å²) in [5.41, 5.74) is 0. The smallest absolute Gasteiger partial charge is 1.00 e. The molecule has 0 aromatic heterocycles. The van der Waals surface area contributed by atoms with Gasteiger partial charge in [-0.3, -0.25) is 0 Å². The average Bonchev–Trinajstić information content (AvgIpc) is 2.28. The number of hydrogen-bond acceptors (Lipinski definition) is 3. The molecule has 2 rings (SSSR count). The fourth-order valence-corrected chi connectivity index (χ4v) is 2.64. The van der Waals surface area contributed by atoms with Gasteiger partial charge in [0.15, 0.2) is 0 Å². The molecule has 0 aliphatic heterocycles. The van der Waals surface area contributed by atoms with Crippen LogP contribution < -0.4 is 33.7 Å². The van der Waals surface area contributed by atoms with Crippen LogP contribution in [0.4, 0.5) is 0 Å². The van der Waals surface area contributed by atoms with Crippen molar-refractivity contribution in [1.82, 2.24) is 0 Å². The standard InChI is InChI=1S/C13H14O3S.Na.H/c1-2-9-17(14,15)16-13-8-7-11-5-3-4-6-12(11)10-13;;/h3-8,10H,2,9H2,1H3;;/q;+1;-1. The predicted molar refractivity (Wildman–Crippen MR) is 69.8 cm³/mol. The topological polar surface area (TPSA) is 43.4 Å². The van der Waals surface area contributed by atoms with Gasteiger partial charge in [-0.15, -0.1) is 0 Å². The third-order valence-electron chi connectivity index (χ3n) is 2.40. The molecular weight excluding hydrogens is 259 g/mol. The first-order chi connectivity index (χ1) is 8.11. The van der Waals surface area contributed by atoms with E-state index in [4.69, 9.17) is 4.18 Å². The third kappa shape index (κ3) is 3.99. The molecule has 0 atom stereocenters. The second kappa shape index (κ2) is 6.57. The summed E-state index contributed by atoms with van der Waals surface area (Å²) in [5, 5.41) is 2.03. The Balaban J connectivity index is 0.00000162. The fraction of sp³-hybridized carbons (Fsp3) is 0.231. The molecular formula is C13H15NaO3S. The van der Waals surface area contributed by atoms with E-state index in [0.717, 1.165) is 10.8 Å². The van der Waals surface area contributed by atoms with Crippen molar-refractivity contribution in [2.75, 3.05) is 5.75 Å². The second-order valence-corrected chi connectivity index (χ2v) is 5.54. The minimum absolute atomic E-state index is 0. The number of fused-ring (bicyclic) bond motifs is 1. The summed E-state index contributed by atoms with van der Waals surface area (Å²) in [5.74, 6) is 0.414. The van der Waals surface area contributed by atoms with Gasteiger partial charge in [-0.25, -0.2) is 0 Å². The Hall–Kier alpha value is -0.550. The van der Waals surface area contributed by atoms with E-state index in [9.17, 15) is 8.42 Å². The first-order valence-corrected chi connectivity index (χ1v) is 7.09. The van der Waals surface area contributed by atoms with Gasteiger partial charge in [0.05, 0.1) is 5.75 Å². The van der Waals surface area contributed by atoms with E-state index in [1.165, 1.54) is 0 Å². The Kier molecular flexibility index (Phi) is 5.66. The van der Waals surface area contributed by atoms with Gasteiger partial charge in [-0.2, -0.15) is 8.42 Å². The summed E-state index contributed by atoms with van der Waals surface area (Å²) in [4.78, 5) is 0. The maximum Gasteiger partial charge on any atom is 1.00 e. The first-order valence-electron chi connectivity index (χ1n) is 5.52. The molecule has 0 heterocycles. The summed E-state index contributed by atoms with van der Waals surface area (Å²) < 4.78 is 28.1. The summed E-state index contributed by atoms with van der Waals surface area (Å²) >= 11 is 0. The molecule has 0 aliphatic rings. The average molecular weight is 274 g/mol. The molecule has 0 spiro atoms. The van der Waals surface area contributed by atoms with E-state index in [2.05, 4.69) is 0 Å². The SMILES string of the molecule is CCCS(=O)(=O)Oc1ccc2ccccc2c1.[H-].[Na+]. The van der Waals surface area contributed by atoms with Gasteiger partial charge in [-0.1, -0.05) is 37.3 Å². The van der Waals surface area contributed by atoms with Gasteiger partial charge in [0.25, 0.3) is 0 Å². The number of hydrogen-bond donors (Lipinski definition) is 0. The molecule has 2 aromatic carbocycles. The van der Waals surface area contributed by atoms with Gasteiger partial charge in [0.2, 0.25) is 0 Å². The molecule has 0 aliphatic carbocycles. The fourth-order valence-electron chi connectivity index (χ4n) is 1.66. The summed E-state index contributed by atoms with van der Waals surface area (Å²) in [7, 11) is -3.45. The molecule has 0 amide bonds. The van der Waals surface area contributed by atoms with Crippen molar-refractivity contribution in [2.45, 2.75) is 13.3 Å². The van der Waals surface area contributed by atoms with E-state index in [-0.39, 0.29) is 36.7 Å². The van der Waals surface area contributed by atoms with Gasteiger partial charge >= 0.3 is 39.7 Å². The van der Waals surface area contributed by atoms with Crippen molar-refractivity contribution >= 4 is 20.9 Å². The summed E-state index contributed by atoms with van der Waals surface area (Å²) in [6.07, 6.45) is 0.552. The van der Waals surface area contributed by atoms with Crippen LogP contribution in [-0.2, 0) is 10.1 Å². The van der Waals surface area contributed by atoms with Crippen LogP contribution in [0.5, 0.6) is 5.75 Å². The van der Waals surface area contributed by atoms with Crippen LogP contribution >= 0.6 is 0 Å². The third-order valence-corrected chi connectivity index (χ3v) is 3.75. The van der Waals surface area contributed by atoms with Crippen molar-refractivity contribution in [3.63, 3.8) is 0 Å². The van der Waals surface area contributed by atoms with Crippen LogP contribution in [0.2, 0.25) is 0 Å². The molecule has 0 saturated carbocycles.